The Labute approximate surface area is 121 Å². The molecular formula is C15H27N3O2. The molecule has 0 aliphatic heterocycles. The summed E-state index contributed by atoms with van der Waals surface area (Å²) < 4.78 is 0. The van der Waals surface area contributed by atoms with E-state index in [1.165, 1.54) is 0 Å². The average Bonchev–Trinajstić information content (AvgIpc) is 3.24. The van der Waals surface area contributed by atoms with Crippen molar-refractivity contribution in [3.63, 3.8) is 0 Å². The van der Waals surface area contributed by atoms with Crippen molar-refractivity contribution in [2.45, 2.75) is 57.9 Å². The Morgan fingerprint density at radius 1 is 1.20 bits per heavy atom. The summed E-state index contributed by atoms with van der Waals surface area (Å²) in [6.07, 6.45) is 6.40. The second kappa shape index (κ2) is 6.57. The molecule has 2 saturated carbocycles. The van der Waals surface area contributed by atoms with Crippen LogP contribution in [0.25, 0.3) is 0 Å². The summed E-state index contributed by atoms with van der Waals surface area (Å²) in [5.74, 6) is 0.754. The first-order chi connectivity index (χ1) is 9.55. The van der Waals surface area contributed by atoms with Crippen molar-refractivity contribution in [2.24, 2.45) is 17.1 Å². The predicted octanol–water partition coefficient (Wildman–Crippen LogP) is 0.927. The Morgan fingerprint density at radius 3 is 2.40 bits per heavy atom. The van der Waals surface area contributed by atoms with Gasteiger partial charge in [0.15, 0.2) is 0 Å². The van der Waals surface area contributed by atoms with Crippen LogP contribution in [0.3, 0.4) is 0 Å². The van der Waals surface area contributed by atoms with Gasteiger partial charge in [-0.25, -0.2) is 0 Å². The van der Waals surface area contributed by atoms with Crippen LogP contribution in [0.15, 0.2) is 0 Å². The van der Waals surface area contributed by atoms with Gasteiger partial charge >= 0.3 is 0 Å². The van der Waals surface area contributed by atoms with E-state index < -0.39 is 5.41 Å². The maximum absolute atomic E-state index is 12.4. The van der Waals surface area contributed by atoms with E-state index in [9.17, 15) is 9.59 Å². The molecule has 0 bridgehead atoms. The zero-order valence-corrected chi connectivity index (χ0v) is 12.4. The lowest BCUT2D eigenvalue weighted by molar-refractivity contribution is -0.132. The number of rotatable bonds is 6. The Kier molecular flexibility index (Phi) is 5.02. The van der Waals surface area contributed by atoms with Crippen LogP contribution in [0.5, 0.6) is 0 Å². The number of amides is 2. The molecule has 0 saturated heterocycles. The van der Waals surface area contributed by atoms with Crippen LogP contribution in [0.4, 0.5) is 0 Å². The number of carbonyl (C=O) groups excluding carboxylic acids is 2. The Morgan fingerprint density at radius 2 is 1.85 bits per heavy atom. The van der Waals surface area contributed by atoms with E-state index in [2.05, 4.69) is 17.6 Å². The Balaban J connectivity index is 1.73. The molecule has 2 aliphatic carbocycles. The van der Waals surface area contributed by atoms with Crippen LogP contribution in [-0.4, -0.2) is 30.9 Å². The monoisotopic (exact) mass is 281 g/mol. The van der Waals surface area contributed by atoms with E-state index in [0.29, 0.717) is 31.5 Å². The van der Waals surface area contributed by atoms with E-state index >= 15 is 0 Å². The van der Waals surface area contributed by atoms with Crippen molar-refractivity contribution in [3.8, 4) is 0 Å². The number of hydrogen-bond acceptors (Lipinski definition) is 3. The molecule has 2 aliphatic rings. The zero-order valence-electron chi connectivity index (χ0n) is 12.4. The molecule has 2 amide bonds. The molecule has 20 heavy (non-hydrogen) atoms. The first-order valence-electron chi connectivity index (χ1n) is 7.83. The van der Waals surface area contributed by atoms with Crippen LogP contribution in [0.2, 0.25) is 0 Å². The van der Waals surface area contributed by atoms with Crippen LogP contribution < -0.4 is 16.4 Å². The van der Waals surface area contributed by atoms with E-state index in [4.69, 9.17) is 5.73 Å². The van der Waals surface area contributed by atoms with Gasteiger partial charge in [-0.3, -0.25) is 9.59 Å². The number of hydrogen-bond donors (Lipinski definition) is 3. The Bertz CT molecular complexity index is 358. The number of carbonyl (C=O) groups is 2. The third kappa shape index (κ3) is 3.95. The third-order valence-corrected chi connectivity index (χ3v) is 4.68. The topological polar surface area (TPSA) is 84.2 Å². The molecule has 0 spiro atoms. The fourth-order valence-electron chi connectivity index (χ4n) is 2.84. The maximum atomic E-state index is 12.4. The van der Waals surface area contributed by atoms with Crippen LogP contribution in [-0.2, 0) is 9.59 Å². The van der Waals surface area contributed by atoms with Crippen molar-refractivity contribution in [3.05, 3.63) is 0 Å². The van der Waals surface area contributed by atoms with Gasteiger partial charge in [0.05, 0.1) is 5.41 Å². The smallest absolute Gasteiger partial charge is 0.227 e. The quantitative estimate of drug-likeness (QED) is 0.677. The average molecular weight is 281 g/mol. The minimum Gasteiger partial charge on any atom is -0.355 e. The summed E-state index contributed by atoms with van der Waals surface area (Å²) in [6, 6.07) is 0.383. The van der Waals surface area contributed by atoms with Crippen molar-refractivity contribution >= 4 is 11.8 Å². The SMILES string of the molecule is CC1CCC(CN)(C(=O)NCCC(=O)NC2CC2)CC1. The summed E-state index contributed by atoms with van der Waals surface area (Å²) in [5.41, 5.74) is 5.45. The molecule has 0 unspecified atom stereocenters. The second-order valence-electron chi connectivity index (χ2n) is 6.51. The molecule has 2 rings (SSSR count). The maximum Gasteiger partial charge on any atom is 0.227 e. The minimum absolute atomic E-state index is 0.0334. The summed E-state index contributed by atoms with van der Waals surface area (Å²) in [7, 11) is 0. The van der Waals surface area contributed by atoms with Crippen LogP contribution in [0, 0.1) is 11.3 Å². The molecule has 0 heterocycles. The summed E-state index contributed by atoms with van der Waals surface area (Å²) in [5, 5.41) is 5.83. The lowest BCUT2D eigenvalue weighted by Gasteiger charge is -2.37. The highest BCUT2D eigenvalue weighted by Crippen LogP contribution is 2.38. The van der Waals surface area contributed by atoms with Crippen molar-refractivity contribution in [2.75, 3.05) is 13.1 Å². The molecule has 5 heteroatoms. The standard InChI is InChI=1S/C15H27N3O2/c1-11-4-7-15(10-16,8-5-11)14(20)17-9-6-13(19)18-12-2-3-12/h11-12H,2-10,16H2,1H3,(H,17,20)(H,18,19). The molecule has 0 radical (unpaired) electrons. The zero-order chi connectivity index (χ0) is 14.6. The molecule has 0 aromatic heterocycles. The molecule has 114 valence electrons. The van der Waals surface area contributed by atoms with Gasteiger partial charge in [-0.05, 0) is 44.4 Å². The second-order valence-corrected chi connectivity index (χ2v) is 6.51. The highest BCUT2D eigenvalue weighted by molar-refractivity contribution is 5.84. The van der Waals surface area contributed by atoms with Gasteiger partial charge in [0.1, 0.15) is 0 Å². The van der Waals surface area contributed by atoms with E-state index in [1.54, 1.807) is 0 Å². The first kappa shape index (κ1) is 15.3. The number of nitrogens with two attached hydrogens (primary N) is 1. The van der Waals surface area contributed by atoms with Gasteiger partial charge < -0.3 is 16.4 Å². The molecule has 2 fully saturated rings. The fraction of sp³-hybridized carbons (Fsp3) is 0.867. The van der Waals surface area contributed by atoms with Gasteiger partial charge in [0.25, 0.3) is 0 Å². The fourth-order valence-corrected chi connectivity index (χ4v) is 2.84. The van der Waals surface area contributed by atoms with Crippen LogP contribution >= 0.6 is 0 Å². The van der Waals surface area contributed by atoms with Gasteiger partial charge in [0, 0.05) is 25.6 Å². The lowest BCUT2D eigenvalue weighted by Crippen LogP contribution is -2.48. The van der Waals surface area contributed by atoms with Crippen molar-refractivity contribution < 1.29 is 9.59 Å². The first-order valence-corrected chi connectivity index (χ1v) is 7.83. The summed E-state index contributed by atoms with van der Waals surface area (Å²) >= 11 is 0. The predicted molar refractivity (Wildman–Crippen MR) is 77.9 cm³/mol. The van der Waals surface area contributed by atoms with Gasteiger partial charge in [-0.15, -0.1) is 0 Å². The summed E-state index contributed by atoms with van der Waals surface area (Å²) in [6.45, 7) is 3.04. The minimum atomic E-state index is -0.403. The van der Waals surface area contributed by atoms with E-state index in [-0.39, 0.29) is 11.8 Å². The van der Waals surface area contributed by atoms with Crippen LogP contribution in [0.1, 0.15) is 51.9 Å². The van der Waals surface area contributed by atoms with Crippen molar-refractivity contribution in [1.82, 2.24) is 10.6 Å². The molecule has 0 aromatic carbocycles. The highest BCUT2D eigenvalue weighted by Gasteiger charge is 2.39. The van der Waals surface area contributed by atoms with Crippen molar-refractivity contribution in [1.29, 1.82) is 0 Å². The Hall–Kier alpha value is -1.10. The summed E-state index contributed by atoms with van der Waals surface area (Å²) in [4.78, 5) is 23.9. The van der Waals surface area contributed by atoms with E-state index in [0.717, 1.165) is 38.5 Å². The van der Waals surface area contributed by atoms with E-state index in [1.807, 2.05) is 0 Å². The highest BCUT2D eigenvalue weighted by atomic mass is 16.2. The molecule has 0 aromatic rings. The van der Waals surface area contributed by atoms with Gasteiger partial charge in [0.2, 0.25) is 11.8 Å². The number of nitrogens with one attached hydrogen (secondary N) is 2. The van der Waals surface area contributed by atoms with Gasteiger partial charge in [-0.2, -0.15) is 0 Å². The largest absolute Gasteiger partial charge is 0.355 e. The third-order valence-electron chi connectivity index (χ3n) is 4.68. The van der Waals surface area contributed by atoms with Gasteiger partial charge in [-0.1, -0.05) is 6.92 Å². The molecule has 4 N–H and O–H groups in total. The molecule has 0 atom stereocenters. The normalized spacial score (nSPS) is 29.8. The molecule has 5 nitrogen and oxygen atoms in total. The lowest BCUT2D eigenvalue weighted by atomic mass is 9.70. The molecular weight excluding hydrogens is 254 g/mol.